The first kappa shape index (κ1) is 19.6. The van der Waals surface area contributed by atoms with Crippen LogP contribution in [-0.4, -0.2) is 29.7 Å². The molecule has 2 aromatic carbocycles. The Balaban J connectivity index is 1.97. The molecule has 0 aromatic heterocycles. The van der Waals surface area contributed by atoms with Gasteiger partial charge >= 0.3 is 11.8 Å². The van der Waals surface area contributed by atoms with Gasteiger partial charge in [0, 0.05) is 5.69 Å². The molecule has 0 unspecified atom stereocenters. The van der Waals surface area contributed by atoms with Crippen LogP contribution in [0.4, 0.5) is 10.1 Å². The van der Waals surface area contributed by atoms with Gasteiger partial charge in [-0.1, -0.05) is 0 Å². The average Bonchev–Trinajstić information content (AvgIpc) is 2.61. The van der Waals surface area contributed by atoms with Gasteiger partial charge in [-0.05, 0) is 71.5 Å². The Kier molecular flexibility index (Phi) is 6.89. The fourth-order valence-electron chi connectivity index (χ4n) is 1.87. The molecule has 0 fully saturated rings. The smallest absolute Gasteiger partial charge is 0.329 e. The quantitative estimate of drug-likeness (QED) is 0.270. The van der Waals surface area contributed by atoms with E-state index in [1.165, 1.54) is 18.3 Å². The van der Waals surface area contributed by atoms with E-state index in [4.69, 9.17) is 4.74 Å². The largest absolute Gasteiger partial charge is 0.504 e. The highest BCUT2D eigenvalue weighted by atomic mass is 127. The highest BCUT2D eigenvalue weighted by Crippen LogP contribution is 2.32. The topological polar surface area (TPSA) is 100 Å². The van der Waals surface area contributed by atoms with E-state index >= 15 is 0 Å². The third kappa shape index (κ3) is 5.41. The highest BCUT2D eigenvalue weighted by molar-refractivity contribution is 14.1. The molecule has 26 heavy (non-hydrogen) atoms. The number of benzene rings is 2. The number of aromatic hydroxyl groups is 1. The number of carbonyl (C=O) groups is 2. The van der Waals surface area contributed by atoms with Gasteiger partial charge in [-0.25, -0.2) is 9.82 Å². The number of nitrogens with one attached hydrogen (secondary N) is 2. The van der Waals surface area contributed by atoms with Crippen LogP contribution in [0.15, 0.2) is 41.5 Å². The molecule has 0 bridgehead atoms. The van der Waals surface area contributed by atoms with Crippen molar-refractivity contribution in [2.75, 3.05) is 11.9 Å². The van der Waals surface area contributed by atoms with Crippen molar-refractivity contribution in [1.29, 1.82) is 0 Å². The van der Waals surface area contributed by atoms with E-state index in [2.05, 4.69) is 15.8 Å². The molecule has 0 saturated heterocycles. The van der Waals surface area contributed by atoms with Crippen LogP contribution in [0.5, 0.6) is 11.5 Å². The number of rotatable bonds is 5. The first-order valence-electron chi connectivity index (χ1n) is 7.46. The Hall–Kier alpha value is -2.69. The number of carbonyl (C=O) groups excluding carboxylic acids is 2. The average molecular weight is 471 g/mol. The molecule has 2 aromatic rings. The second-order valence-electron chi connectivity index (χ2n) is 4.94. The zero-order chi connectivity index (χ0) is 19.1. The molecule has 0 heterocycles. The van der Waals surface area contributed by atoms with Gasteiger partial charge in [0.05, 0.1) is 16.4 Å². The molecule has 136 valence electrons. The maximum absolute atomic E-state index is 12.8. The minimum absolute atomic E-state index is 0.0207. The highest BCUT2D eigenvalue weighted by Gasteiger charge is 2.13. The van der Waals surface area contributed by atoms with E-state index in [-0.39, 0.29) is 11.4 Å². The summed E-state index contributed by atoms with van der Waals surface area (Å²) < 4.78 is 18.7. The molecule has 9 heteroatoms. The molecule has 0 aliphatic heterocycles. The summed E-state index contributed by atoms with van der Waals surface area (Å²) in [4.78, 5) is 23.5. The summed E-state index contributed by atoms with van der Waals surface area (Å²) >= 11 is 1.94. The number of ether oxygens (including phenoxy) is 1. The van der Waals surface area contributed by atoms with E-state index in [1.807, 2.05) is 22.6 Å². The zero-order valence-corrected chi connectivity index (χ0v) is 15.8. The number of halogens is 2. The second kappa shape index (κ2) is 9.13. The number of hydrogen-bond donors (Lipinski definition) is 3. The van der Waals surface area contributed by atoms with Gasteiger partial charge in [0.25, 0.3) is 0 Å². The predicted molar refractivity (Wildman–Crippen MR) is 103 cm³/mol. The van der Waals surface area contributed by atoms with Gasteiger partial charge in [0.1, 0.15) is 5.82 Å². The summed E-state index contributed by atoms with van der Waals surface area (Å²) in [5.41, 5.74) is 2.93. The van der Waals surface area contributed by atoms with Crippen molar-refractivity contribution < 1.29 is 23.8 Å². The van der Waals surface area contributed by atoms with Crippen LogP contribution in [0.1, 0.15) is 12.5 Å². The molecular formula is C17H15FIN3O4. The Morgan fingerprint density at radius 1 is 1.27 bits per heavy atom. The SMILES string of the molecule is CCOc1cc(/C=N\NC(=O)C(=O)Nc2ccc(F)cc2)cc(I)c1O. The lowest BCUT2D eigenvalue weighted by Gasteiger charge is -2.08. The Labute approximate surface area is 162 Å². The number of phenols is 1. The van der Waals surface area contributed by atoms with Crippen LogP contribution in [0, 0.1) is 9.39 Å². The summed E-state index contributed by atoms with van der Waals surface area (Å²) in [6.45, 7) is 2.16. The zero-order valence-electron chi connectivity index (χ0n) is 13.6. The molecule has 2 rings (SSSR count). The molecule has 2 amide bonds. The molecule has 3 N–H and O–H groups in total. The monoisotopic (exact) mass is 471 g/mol. The number of phenolic OH excluding ortho intramolecular Hbond substituents is 1. The molecule has 0 atom stereocenters. The minimum Gasteiger partial charge on any atom is -0.504 e. The molecule has 0 radical (unpaired) electrons. The minimum atomic E-state index is -0.982. The number of nitrogens with zero attached hydrogens (tertiary/aromatic N) is 1. The standard InChI is InChI=1S/C17H15FIN3O4/c1-2-26-14-8-10(7-13(19)15(14)23)9-20-22-17(25)16(24)21-12-5-3-11(18)4-6-12/h3-9,23H,2H2,1H3,(H,21,24)(H,22,25)/b20-9-. The molecule has 0 spiro atoms. The summed E-state index contributed by atoms with van der Waals surface area (Å²) in [5.74, 6) is -2.06. The lowest BCUT2D eigenvalue weighted by atomic mass is 10.2. The maximum atomic E-state index is 12.8. The van der Waals surface area contributed by atoms with Crippen LogP contribution < -0.4 is 15.5 Å². The summed E-state index contributed by atoms with van der Waals surface area (Å²) in [6.07, 6.45) is 1.31. The van der Waals surface area contributed by atoms with Crippen molar-refractivity contribution in [1.82, 2.24) is 5.43 Å². The van der Waals surface area contributed by atoms with Crippen LogP contribution in [-0.2, 0) is 9.59 Å². The molecule has 0 aliphatic carbocycles. The fraction of sp³-hybridized carbons (Fsp3) is 0.118. The van der Waals surface area contributed by atoms with Gasteiger partial charge in [-0.3, -0.25) is 9.59 Å². The van der Waals surface area contributed by atoms with Gasteiger partial charge in [-0.15, -0.1) is 0 Å². The molecule has 0 aliphatic rings. The first-order chi connectivity index (χ1) is 12.4. The third-order valence-corrected chi connectivity index (χ3v) is 3.86. The van der Waals surface area contributed by atoms with Gasteiger partial charge in [0.15, 0.2) is 11.5 Å². The Bertz CT molecular complexity index is 841. The predicted octanol–water partition coefficient (Wildman–Crippen LogP) is 2.62. The van der Waals surface area contributed by atoms with Crippen LogP contribution in [0.3, 0.4) is 0 Å². The summed E-state index contributed by atoms with van der Waals surface area (Å²) in [7, 11) is 0. The maximum Gasteiger partial charge on any atom is 0.329 e. The van der Waals surface area contributed by atoms with Gasteiger partial charge in [0.2, 0.25) is 0 Å². The van der Waals surface area contributed by atoms with E-state index in [0.717, 1.165) is 12.1 Å². The first-order valence-corrected chi connectivity index (χ1v) is 8.54. The second-order valence-corrected chi connectivity index (χ2v) is 6.10. The Morgan fingerprint density at radius 3 is 2.62 bits per heavy atom. The van der Waals surface area contributed by atoms with Crippen molar-refractivity contribution in [3.8, 4) is 11.5 Å². The summed E-state index contributed by atoms with van der Waals surface area (Å²) in [5, 5.41) is 15.9. The van der Waals surface area contributed by atoms with Crippen molar-refractivity contribution in [3.05, 3.63) is 51.3 Å². The van der Waals surface area contributed by atoms with Gasteiger partial charge in [-0.2, -0.15) is 5.10 Å². The third-order valence-electron chi connectivity index (χ3n) is 3.04. The van der Waals surface area contributed by atoms with Crippen molar-refractivity contribution in [2.45, 2.75) is 6.92 Å². The number of hydrazone groups is 1. The van der Waals surface area contributed by atoms with E-state index in [9.17, 15) is 19.1 Å². The van der Waals surface area contributed by atoms with Crippen LogP contribution in [0.25, 0.3) is 0 Å². The van der Waals surface area contributed by atoms with Gasteiger partial charge < -0.3 is 15.2 Å². The van der Waals surface area contributed by atoms with E-state index < -0.39 is 17.6 Å². The van der Waals surface area contributed by atoms with E-state index in [1.54, 1.807) is 19.1 Å². The lowest BCUT2D eigenvalue weighted by Crippen LogP contribution is -2.32. The Morgan fingerprint density at radius 2 is 1.96 bits per heavy atom. The van der Waals surface area contributed by atoms with Crippen molar-refractivity contribution in [2.24, 2.45) is 5.10 Å². The molecular weight excluding hydrogens is 456 g/mol. The molecule has 7 nitrogen and oxygen atoms in total. The number of amides is 2. The molecule has 0 saturated carbocycles. The lowest BCUT2D eigenvalue weighted by molar-refractivity contribution is -0.136. The number of anilines is 1. The van der Waals surface area contributed by atoms with Crippen LogP contribution in [0.2, 0.25) is 0 Å². The van der Waals surface area contributed by atoms with Crippen molar-refractivity contribution >= 4 is 46.3 Å². The normalized spacial score (nSPS) is 10.6. The fourth-order valence-corrected chi connectivity index (χ4v) is 2.50. The van der Waals surface area contributed by atoms with E-state index in [0.29, 0.717) is 21.5 Å². The van der Waals surface area contributed by atoms with Crippen LogP contribution >= 0.6 is 22.6 Å². The van der Waals surface area contributed by atoms with Crippen molar-refractivity contribution in [3.63, 3.8) is 0 Å². The number of hydrogen-bond acceptors (Lipinski definition) is 5. The summed E-state index contributed by atoms with van der Waals surface area (Å²) in [6, 6.07) is 8.17.